The third kappa shape index (κ3) is 4.13. The van der Waals surface area contributed by atoms with Crippen molar-refractivity contribution >= 4 is 17.6 Å². The van der Waals surface area contributed by atoms with Crippen LogP contribution in [0.3, 0.4) is 0 Å². The van der Waals surface area contributed by atoms with Crippen LogP contribution in [0.1, 0.15) is 32.0 Å². The third-order valence-corrected chi connectivity index (χ3v) is 3.72. The van der Waals surface area contributed by atoms with Crippen molar-refractivity contribution in [3.63, 3.8) is 0 Å². The number of H-pyrrole nitrogens is 1. The topological polar surface area (TPSA) is 86.9 Å². The zero-order valence-corrected chi connectivity index (χ0v) is 14.0. The van der Waals surface area contributed by atoms with Crippen molar-refractivity contribution in [1.29, 1.82) is 0 Å². The molecule has 0 bridgehead atoms. The maximum Gasteiger partial charge on any atom is 0.272 e. The highest BCUT2D eigenvalue weighted by atomic mass is 19.1. The fourth-order valence-electron chi connectivity index (χ4n) is 2.37. The molecule has 0 aliphatic heterocycles. The summed E-state index contributed by atoms with van der Waals surface area (Å²) in [5.41, 5.74) is 1.78. The van der Waals surface area contributed by atoms with Gasteiger partial charge in [0.2, 0.25) is 0 Å². The van der Waals surface area contributed by atoms with Crippen LogP contribution < -0.4 is 10.6 Å². The van der Waals surface area contributed by atoms with Crippen LogP contribution in [0.2, 0.25) is 0 Å². The van der Waals surface area contributed by atoms with E-state index in [9.17, 15) is 14.0 Å². The molecule has 0 spiro atoms. The van der Waals surface area contributed by atoms with Gasteiger partial charge in [0, 0.05) is 12.6 Å². The number of carbonyl (C=O) groups excluding carboxylic acids is 2. The summed E-state index contributed by atoms with van der Waals surface area (Å²) >= 11 is 0. The lowest BCUT2D eigenvalue weighted by Gasteiger charge is -2.04. The predicted molar refractivity (Wildman–Crippen MR) is 95.3 cm³/mol. The highest BCUT2D eigenvalue weighted by Crippen LogP contribution is 2.13. The first-order chi connectivity index (χ1) is 12.5. The molecule has 0 aliphatic carbocycles. The number of aromatic nitrogens is 2. The maximum atomic E-state index is 13.8. The average molecular weight is 352 g/mol. The zero-order chi connectivity index (χ0) is 18.5. The minimum absolute atomic E-state index is 0.0744. The number of anilines is 1. The molecule has 3 rings (SSSR count). The second kappa shape index (κ2) is 7.60. The molecule has 1 heterocycles. The molecule has 7 heteroatoms. The van der Waals surface area contributed by atoms with E-state index in [-0.39, 0.29) is 23.0 Å². The SMILES string of the molecule is Cc1ccc(F)c(C(=O)Nc2cc(C(=O)NCc3ccccc3)n[nH]2)c1. The fourth-order valence-corrected chi connectivity index (χ4v) is 2.37. The largest absolute Gasteiger partial charge is 0.347 e. The van der Waals surface area contributed by atoms with Crippen LogP contribution in [-0.4, -0.2) is 22.0 Å². The van der Waals surface area contributed by atoms with Gasteiger partial charge in [-0.25, -0.2) is 4.39 Å². The van der Waals surface area contributed by atoms with Crippen LogP contribution in [0.15, 0.2) is 54.6 Å². The van der Waals surface area contributed by atoms with Crippen LogP contribution in [0.25, 0.3) is 0 Å². The van der Waals surface area contributed by atoms with Gasteiger partial charge in [0.25, 0.3) is 11.8 Å². The van der Waals surface area contributed by atoms with Crippen molar-refractivity contribution in [1.82, 2.24) is 15.5 Å². The molecule has 3 N–H and O–H groups in total. The Bertz CT molecular complexity index is 938. The Labute approximate surface area is 149 Å². The summed E-state index contributed by atoms with van der Waals surface area (Å²) in [6.45, 7) is 2.13. The average Bonchev–Trinajstić information content (AvgIpc) is 3.11. The van der Waals surface area contributed by atoms with E-state index in [0.717, 1.165) is 11.1 Å². The van der Waals surface area contributed by atoms with Gasteiger partial charge in [-0.15, -0.1) is 0 Å². The van der Waals surface area contributed by atoms with E-state index in [1.165, 1.54) is 18.2 Å². The number of nitrogens with zero attached hydrogens (tertiary/aromatic N) is 1. The first kappa shape index (κ1) is 17.3. The Morgan fingerprint density at radius 2 is 1.85 bits per heavy atom. The van der Waals surface area contributed by atoms with E-state index < -0.39 is 11.7 Å². The summed E-state index contributed by atoms with van der Waals surface area (Å²) < 4.78 is 13.8. The Morgan fingerprint density at radius 3 is 2.62 bits per heavy atom. The number of rotatable bonds is 5. The molecule has 0 radical (unpaired) electrons. The molecule has 0 saturated heterocycles. The third-order valence-electron chi connectivity index (χ3n) is 3.72. The summed E-state index contributed by atoms with van der Waals surface area (Å²) in [6.07, 6.45) is 0. The first-order valence-corrected chi connectivity index (χ1v) is 7.98. The second-order valence-electron chi connectivity index (χ2n) is 5.77. The Hall–Kier alpha value is -3.48. The van der Waals surface area contributed by atoms with Gasteiger partial charge in [-0.1, -0.05) is 42.0 Å². The van der Waals surface area contributed by atoms with Gasteiger partial charge in [0.1, 0.15) is 11.6 Å². The van der Waals surface area contributed by atoms with E-state index >= 15 is 0 Å². The molecule has 1 aromatic heterocycles. The van der Waals surface area contributed by atoms with E-state index in [0.29, 0.717) is 6.54 Å². The Balaban J connectivity index is 1.63. The summed E-state index contributed by atoms with van der Waals surface area (Å²) in [5, 5.41) is 11.7. The van der Waals surface area contributed by atoms with Crippen molar-refractivity contribution in [3.05, 3.63) is 82.8 Å². The van der Waals surface area contributed by atoms with E-state index in [1.54, 1.807) is 13.0 Å². The van der Waals surface area contributed by atoms with Crippen molar-refractivity contribution in [3.8, 4) is 0 Å². The first-order valence-electron chi connectivity index (χ1n) is 7.98. The maximum absolute atomic E-state index is 13.8. The van der Waals surface area contributed by atoms with Gasteiger partial charge in [0.05, 0.1) is 5.56 Å². The number of amides is 2. The van der Waals surface area contributed by atoms with E-state index in [2.05, 4.69) is 20.8 Å². The van der Waals surface area contributed by atoms with Gasteiger partial charge < -0.3 is 10.6 Å². The zero-order valence-electron chi connectivity index (χ0n) is 14.0. The number of hydrogen-bond acceptors (Lipinski definition) is 3. The Kier molecular flexibility index (Phi) is 5.07. The van der Waals surface area contributed by atoms with E-state index in [4.69, 9.17) is 0 Å². The smallest absolute Gasteiger partial charge is 0.272 e. The van der Waals surface area contributed by atoms with Crippen molar-refractivity contribution in [2.45, 2.75) is 13.5 Å². The molecule has 0 aliphatic rings. The molecule has 0 fully saturated rings. The lowest BCUT2D eigenvalue weighted by atomic mass is 10.1. The van der Waals surface area contributed by atoms with Gasteiger partial charge in [0.15, 0.2) is 5.69 Å². The second-order valence-corrected chi connectivity index (χ2v) is 5.77. The summed E-state index contributed by atoms with van der Waals surface area (Å²) in [6, 6.07) is 15.1. The quantitative estimate of drug-likeness (QED) is 0.660. The molecular formula is C19H17FN4O2. The van der Waals surface area contributed by atoms with Crippen LogP contribution in [-0.2, 0) is 6.54 Å². The summed E-state index contributed by atoms with van der Waals surface area (Å²) in [4.78, 5) is 24.3. The summed E-state index contributed by atoms with van der Waals surface area (Å²) in [7, 11) is 0. The molecule has 2 aromatic carbocycles. The highest BCUT2D eigenvalue weighted by Gasteiger charge is 2.15. The molecule has 0 unspecified atom stereocenters. The summed E-state index contributed by atoms with van der Waals surface area (Å²) in [5.74, 6) is -1.41. The minimum Gasteiger partial charge on any atom is -0.347 e. The van der Waals surface area contributed by atoms with Crippen molar-refractivity contribution in [2.75, 3.05) is 5.32 Å². The molecule has 132 valence electrons. The number of carbonyl (C=O) groups is 2. The highest BCUT2D eigenvalue weighted by molar-refractivity contribution is 6.04. The number of benzene rings is 2. The van der Waals surface area contributed by atoms with Gasteiger partial charge in [-0.2, -0.15) is 5.10 Å². The van der Waals surface area contributed by atoms with Gasteiger partial charge >= 0.3 is 0 Å². The van der Waals surface area contributed by atoms with Crippen LogP contribution in [0.5, 0.6) is 0 Å². The monoisotopic (exact) mass is 352 g/mol. The van der Waals surface area contributed by atoms with E-state index in [1.807, 2.05) is 30.3 Å². The molecule has 3 aromatic rings. The van der Waals surface area contributed by atoms with Gasteiger partial charge in [-0.3, -0.25) is 14.7 Å². The molecule has 6 nitrogen and oxygen atoms in total. The number of nitrogens with one attached hydrogen (secondary N) is 3. The predicted octanol–water partition coefficient (Wildman–Crippen LogP) is 3.04. The Morgan fingerprint density at radius 1 is 1.08 bits per heavy atom. The number of halogens is 1. The van der Waals surface area contributed by atoms with Crippen molar-refractivity contribution in [2.24, 2.45) is 0 Å². The lowest BCUT2D eigenvalue weighted by molar-refractivity contribution is 0.0945. The molecule has 26 heavy (non-hydrogen) atoms. The lowest BCUT2D eigenvalue weighted by Crippen LogP contribution is -2.23. The standard InChI is InChI=1S/C19H17FN4O2/c1-12-7-8-15(20)14(9-12)18(25)22-17-10-16(23-24-17)19(26)21-11-13-5-3-2-4-6-13/h2-10H,11H2,1H3,(H,21,26)(H2,22,23,24,25). The van der Waals surface area contributed by atoms with Crippen LogP contribution >= 0.6 is 0 Å². The minimum atomic E-state index is -0.619. The van der Waals surface area contributed by atoms with Gasteiger partial charge in [-0.05, 0) is 24.6 Å². The molecular weight excluding hydrogens is 335 g/mol. The van der Waals surface area contributed by atoms with Crippen molar-refractivity contribution < 1.29 is 14.0 Å². The molecule has 0 saturated carbocycles. The number of aryl methyl sites for hydroxylation is 1. The normalized spacial score (nSPS) is 10.4. The van der Waals surface area contributed by atoms with Crippen LogP contribution in [0, 0.1) is 12.7 Å². The molecule has 2 amide bonds. The van der Waals surface area contributed by atoms with Crippen LogP contribution in [0.4, 0.5) is 10.2 Å². The fraction of sp³-hybridized carbons (Fsp3) is 0.105. The number of hydrogen-bond donors (Lipinski definition) is 3. The molecule has 0 atom stereocenters. The number of aromatic amines is 1.